The average Bonchev–Trinajstić information content (AvgIpc) is 2.71. The highest BCUT2D eigenvalue weighted by Gasteiger charge is 2.23. The summed E-state index contributed by atoms with van der Waals surface area (Å²) in [5.41, 5.74) is 2.58. The molecule has 158 valence electrons. The molecule has 1 aliphatic rings. The summed E-state index contributed by atoms with van der Waals surface area (Å²) in [6.45, 7) is 2.10. The molecule has 0 bridgehead atoms. The molecule has 4 nitrogen and oxygen atoms in total. The lowest BCUT2D eigenvalue weighted by Crippen LogP contribution is -2.40. The van der Waals surface area contributed by atoms with Crippen molar-refractivity contribution in [1.82, 2.24) is 10.3 Å². The van der Waals surface area contributed by atoms with Gasteiger partial charge in [0.25, 0.3) is 5.91 Å². The van der Waals surface area contributed by atoms with E-state index in [-0.39, 0.29) is 29.4 Å². The van der Waals surface area contributed by atoms with Gasteiger partial charge in [0.2, 0.25) is 0 Å². The molecule has 0 unspecified atom stereocenters. The van der Waals surface area contributed by atoms with Crippen LogP contribution in [0.15, 0.2) is 48.5 Å². The van der Waals surface area contributed by atoms with Crippen molar-refractivity contribution in [2.45, 2.75) is 44.7 Å². The number of carbonyl (C=O) groups excluding carboxylic acids is 1. The van der Waals surface area contributed by atoms with Gasteiger partial charge in [-0.1, -0.05) is 29.8 Å². The van der Waals surface area contributed by atoms with Crippen molar-refractivity contribution in [1.29, 1.82) is 0 Å². The predicted octanol–water partition coefficient (Wildman–Crippen LogP) is 5.91. The lowest BCUT2D eigenvalue weighted by Gasteiger charge is -2.30. The SMILES string of the molecule is Cc1cc(NC2CCC(NC(=O)c3ccc(F)c(Cl)c3)CC2)nc2ccccc12.Cl. The molecular formula is C23H24Cl2FN3O. The Bertz CT molecular complexity index is 1050. The molecule has 0 saturated heterocycles. The van der Waals surface area contributed by atoms with Gasteiger partial charge in [0.05, 0.1) is 10.5 Å². The molecule has 7 heteroatoms. The third kappa shape index (κ3) is 5.02. The first kappa shape index (κ1) is 22.3. The minimum absolute atomic E-state index is 0. The zero-order valence-corrected chi connectivity index (χ0v) is 18.2. The van der Waals surface area contributed by atoms with Gasteiger partial charge in [-0.25, -0.2) is 9.37 Å². The summed E-state index contributed by atoms with van der Waals surface area (Å²) in [5, 5.41) is 7.72. The standard InChI is InChI=1S/C23H23ClFN3O.ClH/c1-14-12-22(28-21-5-3-2-4-18(14)21)26-16-7-9-17(10-8-16)27-23(29)15-6-11-20(25)19(24)13-15;/h2-6,11-13,16-17H,7-10H2,1H3,(H,26,28)(H,27,29);1H. The fourth-order valence-corrected chi connectivity index (χ4v) is 4.10. The Morgan fingerprint density at radius 1 is 1.07 bits per heavy atom. The maximum absolute atomic E-state index is 13.3. The molecule has 1 amide bonds. The average molecular weight is 448 g/mol. The van der Waals surface area contributed by atoms with Crippen LogP contribution in [0.3, 0.4) is 0 Å². The number of fused-ring (bicyclic) bond motifs is 1. The highest BCUT2D eigenvalue weighted by molar-refractivity contribution is 6.31. The van der Waals surface area contributed by atoms with Crippen LogP contribution in [0.5, 0.6) is 0 Å². The van der Waals surface area contributed by atoms with Crippen molar-refractivity contribution in [2.75, 3.05) is 5.32 Å². The molecule has 4 rings (SSSR count). The number of amides is 1. The van der Waals surface area contributed by atoms with Gasteiger partial charge in [0, 0.05) is 23.0 Å². The maximum Gasteiger partial charge on any atom is 0.251 e. The van der Waals surface area contributed by atoms with Crippen LogP contribution < -0.4 is 10.6 Å². The van der Waals surface area contributed by atoms with E-state index in [4.69, 9.17) is 16.6 Å². The minimum Gasteiger partial charge on any atom is -0.367 e. The Kier molecular flexibility index (Phi) is 7.16. The molecule has 1 heterocycles. The van der Waals surface area contributed by atoms with Crippen LogP contribution in [0.4, 0.5) is 10.2 Å². The first-order chi connectivity index (χ1) is 14.0. The first-order valence-corrected chi connectivity index (χ1v) is 10.3. The van der Waals surface area contributed by atoms with Crippen molar-refractivity contribution in [3.05, 3.63) is 70.5 Å². The van der Waals surface area contributed by atoms with E-state index in [1.807, 2.05) is 18.2 Å². The Morgan fingerprint density at radius 2 is 1.77 bits per heavy atom. The Balaban J connectivity index is 0.00000256. The Hall–Kier alpha value is -2.37. The second-order valence-electron chi connectivity index (χ2n) is 7.64. The van der Waals surface area contributed by atoms with Crippen LogP contribution in [0.25, 0.3) is 10.9 Å². The maximum atomic E-state index is 13.3. The number of aryl methyl sites for hydroxylation is 1. The zero-order valence-electron chi connectivity index (χ0n) is 16.6. The van der Waals surface area contributed by atoms with E-state index in [9.17, 15) is 9.18 Å². The predicted molar refractivity (Wildman–Crippen MR) is 122 cm³/mol. The van der Waals surface area contributed by atoms with E-state index in [1.165, 1.54) is 29.1 Å². The van der Waals surface area contributed by atoms with Crippen LogP contribution in [-0.4, -0.2) is 23.0 Å². The van der Waals surface area contributed by atoms with E-state index in [1.54, 1.807) is 0 Å². The number of anilines is 1. The molecule has 2 aromatic carbocycles. The molecule has 3 aromatic rings. The van der Waals surface area contributed by atoms with Crippen LogP contribution in [0, 0.1) is 12.7 Å². The Labute approximate surface area is 186 Å². The summed E-state index contributed by atoms with van der Waals surface area (Å²) in [4.78, 5) is 17.1. The van der Waals surface area contributed by atoms with Crippen molar-refractivity contribution in [2.24, 2.45) is 0 Å². The van der Waals surface area contributed by atoms with Gasteiger partial charge in [-0.3, -0.25) is 4.79 Å². The van der Waals surface area contributed by atoms with E-state index >= 15 is 0 Å². The van der Waals surface area contributed by atoms with E-state index in [0.717, 1.165) is 37.0 Å². The molecule has 0 radical (unpaired) electrons. The number of hydrogen-bond donors (Lipinski definition) is 2. The summed E-state index contributed by atoms with van der Waals surface area (Å²) >= 11 is 5.78. The number of hydrogen-bond acceptors (Lipinski definition) is 3. The molecule has 1 aromatic heterocycles. The minimum atomic E-state index is -0.521. The van der Waals surface area contributed by atoms with Crippen LogP contribution >= 0.6 is 24.0 Å². The summed E-state index contributed by atoms with van der Waals surface area (Å²) in [5.74, 6) is 0.164. The second kappa shape index (κ2) is 9.63. The topological polar surface area (TPSA) is 54.0 Å². The molecule has 1 aliphatic carbocycles. The monoisotopic (exact) mass is 447 g/mol. The molecule has 0 atom stereocenters. The number of aromatic nitrogens is 1. The quantitative estimate of drug-likeness (QED) is 0.522. The third-order valence-corrected chi connectivity index (χ3v) is 5.81. The van der Waals surface area contributed by atoms with Gasteiger partial charge < -0.3 is 10.6 Å². The second-order valence-corrected chi connectivity index (χ2v) is 8.04. The normalized spacial score (nSPS) is 18.5. The van der Waals surface area contributed by atoms with Gasteiger partial charge >= 0.3 is 0 Å². The molecule has 30 heavy (non-hydrogen) atoms. The fourth-order valence-electron chi connectivity index (χ4n) is 3.92. The number of nitrogens with zero attached hydrogens (tertiary/aromatic N) is 1. The highest BCUT2D eigenvalue weighted by atomic mass is 35.5. The van der Waals surface area contributed by atoms with Crippen LogP contribution in [0.1, 0.15) is 41.6 Å². The summed E-state index contributed by atoms with van der Waals surface area (Å²) in [6, 6.07) is 14.7. The largest absolute Gasteiger partial charge is 0.367 e. The molecule has 1 fully saturated rings. The van der Waals surface area contributed by atoms with Crippen molar-refractivity contribution < 1.29 is 9.18 Å². The zero-order chi connectivity index (χ0) is 20.4. The van der Waals surface area contributed by atoms with Crippen LogP contribution in [-0.2, 0) is 0 Å². The van der Waals surface area contributed by atoms with Gasteiger partial charge in [0.15, 0.2) is 0 Å². The lowest BCUT2D eigenvalue weighted by molar-refractivity contribution is 0.0926. The summed E-state index contributed by atoms with van der Waals surface area (Å²) < 4.78 is 13.3. The smallest absolute Gasteiger partial charge is 0.251 e. The van der Waals surface area contributed by atoms with E-state index in [0.29, 0.717) is 11.6 Å². The molecule has 1 saturated carbocycles. The molecule has 0 aliphatic heterocycles. The van der Waals surface area contributed by atoms with Crippen LogP contribution in [0.2, 0.25) is 5.02 Å². The van der Waals surface area contributed by atoms with Crippen molar-refractivity contribution in [3.8, 4) is 0 Å². The summed E-state index contributed by atoms with van der Waals surface area (Å²) in [7, 11) is 0. The number of benzene rings is 2. The lowest BCUT2D eigenvalue weighted by atomic mass is 9.91. The Morgan fingerprint density at radius 3 is 2.50 bits per heavy atom. The number of nitrogens with one attached hydrogen (secondary N) is 2. The fraction of sp³-hybridized carbons (Fsp3) is 0.304. The highest BCUT2D eigenvalue weighted by Crippen LogP contribution is 2.25. The van der Waals surface area contributed by atoms with Gasteiger partial charge in [-0.2, -0.15) is 0 Å². The molecule has 2 N–H and O–H groups in total. The van der Waals surface area contributed by atoms with Gasteiger partial charge in [-0.05, 0) is 68.5 Å². The van der Waals surface area contributed by atoms with Gasteiger partial charge in [-0.15, -0.1) is 12.4 Å². The number of rotatable bonds is 4. The third-order valence-electron chi connectivity index (χ3n) is 5.52. The molecule has 0 spiro atoms. The summed E-state index contributed by atoms with van der Waals surface area (Å²) in [6.07, 6.45) is 3.65. The number of para-hydroxylation sites is 1. The van der Waals surface area contributed by atoms with Crippen molar-refractivity contribution in [3.63, 3.8) is 0 Å². The first-order valence-electron chi connectivity index (χ1n) is 9.88. The number of carbonyl (C=O) groups is 1. The van der Waals surface area contributed by atoms with E-state index in [2.05, 4.69) is 29.7 Å². The molecular weight excluding hydrogens is 424 g/mol. The number of pyridine rings is 1. The number of halogens is 3. The van der Waals surface area contributed by atoms with Gasteiger partial charge in [0.1, 0.15) is 11.6 Å². The van der Waals surface area contributed by atoms with Crippen molar-refractivity contribution >= 4 is 46.6 Å². The van der Waals surface area contributed by atoms with E-state index < -0.39 is 5.82 Å².